The summed E-state index contributed by atoms with van der Waals surface area (Å²) in [5.41, 5.74) is 1.23. The van der Waals surface area contributed by atoms with Crippen LogP contribution in [0.4, 0.5) is 0 Å². The number of benzene rings is 1. The molecule has 0 radical (unpaired) electrons. The van der Waals surface area contributed by atoms with Crippen LogP contribution in [-0.2, 0) is 25.5 Å². The van der Waals surface area contributed by atoms with Crippen molar-refractivity contribution in [1.29, 1.82) is 0 Å². The van der Waals surface area contributed by atoms with Crippen molar-refractivity contribution in [2.45, 2.75) is 12.8 Å². The summed E-state index contributed by atoms with van der Waals surface area (Å²) in [6, 6.07) is 10.3. The summed E-state index contributed by atoms with van der Waals surface area (Å²) in [5, 5.41) is 0. The molecule has 2 rings (SSSR count). The summed E-state index contributed by atoms with van der Waals surface area (Å²) in [6.07, 6.45) is 1.40. The molecule has 0 unspecified atom stereocenters. The van der Waals surface area contributed by atoms with Gasteiger partial charge in [0.15, 0.2) is 6.29 Å². The van der Waals surface area contributed by atoms with Gasteiger partial charge in [-0.25, -0.2) is 0 Å². The summed E-state index contributed by atoms with van der Waals surface area (Å²) >= 11 is 0. The Morgan fingerprint density at radius 1 is 1.15 bits per heavy atom. The molecule has 0 aliphatic carbocycles. The van der Waals surface area contributed by atoms with E-state index >= 15 is 0 Å². The number of methoxy groups -OCH3 is 2. The first kappa shape index (κ1) is 14.8. The molecule has 0 fully saturated rings. The van der Waals surface area contributed by atoms with Gasteiger partial charge in [0, 0.05) is 20.8 Å². The second-order valence-electron chi connectivity index (χ2n) is 4.57. The molecule has 0 atom stereocenters. The summed E-state index contributed by atoms with van der Waals surface area (Å²) in [6.45, 7) is 2.41. The normalized spacial score (nSPS) is 14.3. The minimum atomic E-state index is -0.262. The number of nitrogens with zero attached hydrogens (tertiary/aromatic N) is 1. The van der Waals surface area contributed by atoms with Crippen LogP contribution in [-0.4, -0.2) is 45.3 Å². The van der Waals surface area contributed by atoms with Crippen LogP contribution in [0, 0.1) is 0 Å². The van der Waals surface area contributed by atoms with Crippen molar-refractivity contribution in [1.82, 2.24) is 4.90 Å². The molecule has 0 N–H and O–H groups in total. The molecule has 1 aromatic rings. The SMILES string of the molecule is COC(CN(CC1=COCO1)Cc1ccccc1)OC. The van der Waals surface area contributed by atoms with Crippen molar-refractivity contribution in [2.24, 2.45) is 0 Å². The summed E-state index contributed by atoms with van der Waals surface area (Å²) < 4.78 is 21.0. The fourth-order valence-electron chi connectivity index (χ4n) is 2.06. The van der Waals surface area contributed by atoms with E-state index in [0.29, 0.717) is 19.9 Å². The zero-order valence-corrected chi connectivity index (χ0v) is 12.0. The molecule has 0 bridgehead atoms. The maximum Gasteiger partial charge on any atom is 0.229 e. The Hall–Kier alpha value is -1.56. The monoisotopic (exact) mass is 279 g/mol. The molecule has 5 nitrogen and oxygen atoms in total. The lowest BCUT2D eigenvalue weighted by atomic mass is 10.2. The average molecular weight is 279 g/mol. The number of ether oxygens (including phenoxy) is 4. The average Bonchev–Trinajstić information content (AvgIpc) is 2.98. The number of rotatable bonds is 8. The van der Waals surface area contributed by atoms with Crippen LogP contribution >= 0.6 is 0 Å². The van der Waals surface area contributed by atoms with Gasteiger partial charge in [-0.05, 0) is 5.56 Å². The third-order valence-corrected chi connectivity index (χ3v) is 3.09. The first-order valence-electron chi connectivity index (χ1n) is 6.57. The summed E-state index contributed by atoms with van der Waals surface area (Å²) in [5.74, 6) is 0.826. The Morgan fingerprint density at radius 2 is 1.90 bits per heavy atom. The predicted octanol–water partition coefficient (Wildman–Crippen LogP) is 1.95. The van der Waals surface area contributed by atoms with Gasteiger partial charge in [-0.2, -0.15) is 0 Å². The van der Waals surface area contributed by atoms with E-state index < -0.39 is 0 Å². The molecule has 1 aliphatic heterocycles. The molecular weight excluding hydrogens is 258 g/mol. The van der Waals surface area contributed by atoms with Crippen molar-refractivity contribution in [3.05, 3.63) is 47.9 Å². The highest BCUT2D eigenvalue weighted by atomic mass is 16.7. The van der Waals surface area contributed by atoms with E-state index in [-0.39, 0.29) is 6.29 Å². The fraction of sp³-hybridized carbons (Fsp3) is 0.467. The van der Waals surface area contributed by atoms with Crippen molar-refractivity contribution < 1.29 is 18.9 Å². The van der Waals surface area contributed by atoms with E-state index in [9.17, 15) is 0 Å². The molecule has 0 aromatic heterocycles. The summed E-state index contributed by atoms with van der Waals surface area (Å²) in [4.78, 5) is 2.20. The zero-order chi connectivity index (χ0) is 14.2. The van der Waals surface area contributed by atoms with Crippen LogP contribution in [0.25, 0.3) is 0 Å². The standard InChI is InChI=1S/C15H21NO4/c1-17-15(18-2)10-16(9-14-11-19-12-20-14)8-13-6-4-3-5-7-13/h3-7,11,15H,8-10,12H2,1-2H3. The van der Waals surface area contributed by atoms with Crippen LogP contribution in [0.1, 0.15) is 5.56 Å². The Labute approximate surface area is 119 Å². The molecule has 1 heterocycles. The van der Waals surface area contributed by atoms with Gasteiger partial charge in [0.1, 0.15) is 12.0 Å². The molecular formula is C15H21NO4. The molecule has 1 aliphatic rings. The van der Waals surface area contributed by atoms with Crippen LogP contribution in [0.3, 0.4) is 0 Å². The van der Waals surface area contributed by atoms with Crippen molar-refractivity contribution >= 4 is 0 Å². The van der Waals surface area contributed by atoms with Crippen LogP contribution in [0.2, 0.25) is 0 Å². The highest BCUT2D eigenvalue weighted by Gasteiger charge is 2.17. The lowest BCUT2D eigenvalue weighted by molar-refractivity contribution is -0.117. The van der Waals surface area contributed by atoms with Gasteiger partial charge in [0.25, 0.3) is 0 Å². The van der Waals surface area contributed by atoms with Crippen LogP contribution in [0.5, 0.6) is 0 Å². The van der Waals surface area contributed by atoms with Crippen molar-refractivity contribution in [2.75, 3.05) is 34.1 Å². The van der Waals surface area contributed by atoms with E-state index in [0.717, 1.165) is 12.3 Å². The Bertz CT molecular complexity index is 417. The smallest absolute Gasteiger partial charge is 0.229 e. The minimum absolute atomic E-state index is 0.262. The highest BCUT2D eigenvalue weighted by molar-refractivity contribution is 5.14. The minimum Gasteiger partial charge on any atom is -0.462 e. The molecule has 0 spiro atoms. The van der Waals surface area contributed by atoms with E-state index in [1.807, 2.05) is 18.2 Å². The van der Waals surface area contributed by atoms with Gasteiger partial charge in [-0.15, -0.1) is 0 Å². The van der Waals surface area contributed by atoms with Crippen molar-refractivity contribution in [3.8, 4) is 0 Å². The first-order valence-corrected chi connectivity index (χ1v) is 6.57. The second-order valence-corrected chi connectivity index (χ2v) is 4.57. The Morgan fingerprint density at radius 3 is 2.50 bits per heavy atom. The van der Waals surface area contributed by atoms with E-state index in [1.54, 1.807) is 20.5 Å². The first-order chi connectivity index (χ1) is 9.81. The third kappa shape index (κ3) is 4.52. The molecule has 110 valence electrons. The fourth-order valence-corrected chi connectivity index (χ4v) is 2.06. The van der Waals surface area contributed by atoms with Gasteiger partial charge in [0.2, 0.25) is 6.79 Å². The molecule has 1 aromatic carbocycles. The van der Waals surface area contributed by atoms with Crippen LogP contribution in [0.15, 0.2) is 42.4 Å². The highest BCUT2D eigenvalue weighted by Crippen LogP contribution is 2.13. The third-order valence-electron chi connectivity index (χ3n) is 3.09. The van der Waals surface area contributed by atoms with Crippen molar-refractivity contribution in [3.63, 3.8) is 0 Å². The maximum atomic E-state index is 5.39. The number of hydrogen-bond acceptors (Lipinski definition) is 5. The van der Waals surface area contributed by atoms with E-state index in [1.165, 1.54) is 5.56 Å². The molecule has 0 amide bonds. The van der Waals surface area contributed by atoms with Gasteiger partial charge in [0.05, 0.1) is 13.1 Å². The predicted molar refractivity (Wildman–Crippen MR) is 74.6 cm³/mol. The molecule has 20 heavy (non-hydrogen) atoms. The van der Waals surface area contributed by atoms with Gasteiger partial charge in [-0.3, -0.25) is 4.90 Å². The van der Waals surface area contributed by atoms with E-state index in [2.05, 4.69) is 17.0 Å². The quantitative estimate of drug-likeness (QED) is 0.680. The number of hydrogen-bond donors (Lipinski definition) is 0. The Balaban J connectivity index is 1.98. The van der Waals surface area contributed by atoms with Gasteiger partial charge >= 0.3 is 0 Å². The maximum absolute atomic E-state index is 5.39. The largest absolute Gasteiger partial charge is 0.462 e. The topological polar surface area (TPSA) is 40.2 Å². The van der Waals surface area contributed by atoms with Gasteiger partial charge < -0.3 is 18.9 Å². The zero-order valence-electron chi connectivity index (χ0n) is 12.0. The molecule has 5 heteroatoms. The second kappa shape index (κ2) is 7.89. The van der Waals surface area contributed by atoms with Gasteiger partial charge in [-0.1, -0.05) is 30.3 Å². The molecule has 0 saturated heterocycles. The molecule has 0 saturated carbocycles. The van der Waals surface area contributed by atoms with E-state index in [4.69, 9.17) is 18.9 Å². The van der Waals surface area contributed by atoms with Crippen LogP contribution < -0.4 is 0 Å². The lowest BCUT2D eigenvalue weighted by Crippen LogP contribution is -2.35. The Kier molecular flexibility index (Phi) is 5.86. The summed E-state index contributed by atoms with van der Waals surface area (Å²) in [7, 11) is 3.28. The lowest BCUT2D eigenvalue weighted by Gasteiger charge is -2.25.